The summed E-state index contributed by atoms with van der Waals surface area (Å²) in [5.74, 6) is 1.83. The molecular formula is C12H20O. The summed E-state index contributed by atoms with van der Waals surface area (Å²) in [4.78, 5) is 11.2. The predicted molar refractivity (Wildman–Crippen MR) is 55.6 cm³/mol. The highest BCUT2D eigenvalue weighted by Crippen LogP contribution is 2.33. The summed E-state index contributed by atoms with van der Waals surface area (Å²) in [7, 11) is 0. The van der Waals surface area contributed by atoms with Gasteiger partial charge in [-0.1, -0.05) is 19.4 Å². The SMILES string of the molecule is CC(=O)C1=C(C)CC(C(C)C)CC1. The molecule has 1 aliphatic carbocycles. The molecule has 0 spiro atoms. The largest absolute Gasteiger partial charge is 0.295 e. The second kappa shape index (κ2) is 4.08. The van der Waals surface area contributed by atoms with Crippen LogP contribution in [0.25, 0.3) is 0 Å². The summed E-state index contributed by atoms with van der Waals surface area (Å²) < 4.78 is 0. The van der Waals surface area contributed by atoms with Gasteiger partial charge in [0.15, 0.2) is 5.78 Å². The molecule has 0 fully saturated rings. The minimum atomic E-state index is 0.278. The summed E-state index contributed by atoms with van der Waals surface area (Å²) in [6.07, 6.45) is 3.33. The lowest BCUT2D eigenvalue weighted by Crippen LogP contribution is -2.17. The van der Waals surface area contributed by atoms with Gasteiger partial charge in [0, 0.05) is 0 Å². The molecule has 0 aromatic heterocycles. The van der Waals surface area contributed by atoms with E-state index in [1.54, 1.807) is 6.92 Å². The summed E-state index contributed by atoms with van der Waals surface area (Å²) in [5.41, 5.74) is 2.43. The fourth-order valence-electron chi connectivity index (χ4n) is 2.21. The summed E-state index contributed by atoms with van der Waals surface area (Å²) >= 11 is 0. The van der Waals surface area contributed by atoms with E-state index in [0.29, 0.717) is 0 Å². The summed E-state index contributed by atoms with van der Waals surface area (Å²) in [6.45, 7) is 8.35. The second-order valence-corrected chi connectivity index (χ2v) is 4.56. The van der Waals surface area contributed by atoms with E-state index in [-0.39, 0.29) is 5.78 Å². The third-order valence-corrected chi connectivity index (χ3v) is 3.22. The topological polar surface area (TPSA) is 17.1 Å². The summed E-state index contributed by atoms with van der Waals surface area (Å²) in [5, 5.41) is 0. The number of rotatable bonds is 2. The molecule has 0 aromatic rings. The van der Waals surface area contributed by atoms with Crippen LogP contribution >= 0.6 is 0 Å². The van der Waals surface area contributed by atoms with Crippen molar-refractivity contribution in [1.82, 2.24) is 0 Å². The molecule has 0 N–H and O–H groups in total. The van der Waals surface area contributed by atoms with Crippen LogP contribution in [0.2, 0.25) is 0 Å². The van der Waals surface area contributed by atoms with Gasteiger partial charge in [0.25, 0.3) is 0 Å². The molecule has 1 rings (SSSR count). The van der Waals surface area contributed by atoms with Gasteiger partial charge in [-0.15, -0.1) is 0 Å². The molecule has 0 bridgehead atoms. The Labute approximate surface area is 81.2 Å². The van der Waals surface area contributed by atoms with E-state index in [0.717, 1.165) is 30.3 Å². The van der Waals surface area contributed by atoms with Crippen molar-refractivity contribution in [2.45, 2.75) is 47.0 Å². The van der Waals surface area contributed by atoms with E-state index < -0.39 is 0 Å². The van der Waals surface area contributed by atoms with Gasteiger partial charge in [-0.25, -0.2) is 0 Å². The van der Waals surface area contributed by atoms with Gasteiger partial charge in [0.05, 0.1) is 0 Å². The predicted octanol–water partition coefficient (Wildman–Crippen LogP) is 3.35. The molecule has 0 amide bonds. The minimum Gasteiger partial charge on any atom is -0.295 e. The van der Waals surface area contributed by atoms with Crippen LogP contribution in [-0.4, -0.2) is 5.78 Å². The normalized spacial score (nSPS) is 23.9. The van der Waals surface area contributed by atoms with Crippen molar-refractivity contribution in [3.8, 4) is 0 Å². The first-order valence-corrected chi connectivity index (χ1v) is 5.22. The van der Waals surface area contributed by atoms with E-state index in [1.807, 2.05) is 0 Å². The number of hydrogen-bond donors (Lipinski definition) is 0. The van der Waals surface area contributed by atoms with Crippen LogP contribution in [0.15, 0.2) is 11.1 Å². The number of hydrogen-bond acceptors (Lipinski definition) is 1. The van der Waals surface area contributed by atoms with Crippen LogP contribution in [0.4, 0.5) is 0 Å². The number of allylic oxidation sites excluding steroid dienone is 2. The Bertz CT molecular complexity index is 236. The zero-order chi connectivity index (χ0) is 10.0. The molecule has 1 nitrogen and oxygen atoms in total. The van der Waals surface area contributed by atoms with E-state index >= 15 is 0 Å². The highest BCUT2D eigenvalue weighted by molar-refractivity contribution is 5.94. The second-order valence-electron chi connectivity index (χ2n) is 4.56. The average Bonchev–Trinajstić information content (AvgIpc) is 2.03. The fraction of sp³-hybridized carbons (Fsp3) is 0.750. The Morgan fingerprint density at radius 3 is 2.46 bits per heavy atom. The van der Waals surface area contributed by atoms with Gasteiger partial charge in [-0.05, 0) is 50.5 Å². The van der Waals surface area contributed by atoms with Crippen molar-refractivity contribution in [3.05, 3.63) is 11.1 Å². The molecule has 0 aromatic carbocycles. The highest BCUT2D eigenvalue weighted by Gasteiger charge is 2.22. The molecule has 0 aliphatic heterocycles. The monoisotopic (exact) mass is 180 g/mol. The number of Topliss-reactive ketones (excluding diaryl/α,β-unsaturated/α-hetero) is 1. The Hall–Kier alpha value is -0.590. The first-order valence-electron chi connectivity index (χ1n) is 5.22. The van der Waals surface area contributed by atoms with Crippen molar-refractivity contribution in [1.29, 1.82) is 0 Å². The Balaban J connectivity index is 2.72. The van der Waals surface area contributed by atoms with Gasteiger partial charge < -0.3 is 0 Å². The quantitative estimate of drug-likeness (QED) is 0.637. The maximum atomic E-state index is 11.2. The number of carbonyl (C=O) groups is 1. The Kier molecular flexibility index (Phi) is 3.29. The fourth-order valence-corrected chi connectivity index (χ4v) is 2.21. The molecule has 1 aliphatic rings. The maximum absolute atomic E-state index is 11.2. The van der Waals surface area contributed by atoms with E-state index in [9.17, 15) is 4.79 Å². The van der Waals surface area contributed by atoms with Gasteiger partial charge >= 0.3 is 0 Å². The maximum Gasteiger partial charge on any atom is 0.155 e. The minimum absolute atomic E-state index is 0.278. The first-order chi connectivity index (χ1) is 6.02. The first kappa shape index (κ1) is 10.5. The van der Waals surface area contributed by atoms with Gasteiger partial charge in [-0.3, -0.25) is 4.79 Å². The van der Waals surface area contributed by atoms with Gasteiger partial charge in [0.1, 0.15) is 0 Å². The molecule has 1 unspecified atom stereocenters. The number of carbonyl (C=O) groups excluding carboxylic acids is 1. The Morgan fingerprint density at radius 1 is 1.46 bits per heavy atom. The standard InChI is InChI=1S/C12H20O/c1-8(2)11-5-6-12(10(4)13)9(3)7-11/h8,11H,5-7H2,1-4H3. The summed E-state index contributed by atoms with van der Waals surface area (Å²) in [6, 6.07) is 0. The zero-order valence-electron chi connectivity index (χ0n) is 9.18. The average molecular weight is 180 g/mol. The Morgan fingerprint density at radius 2 is 2.08 bits per heavy atom. The lowest BCUT2D eigenvalue weighted by Gasteiger charge is -2.27. The van der Waals surface area contributed by atoms with Crippen LogP contribution in [0.1, 0.15) is 47.0 Å². The third-order valence-electron chi connectivity index (χ3n) is 3.22. The third kappa shape index (κ3) is 2.43. The van der Waals surface area contributed by atoms with E-state index in [4.69, 9.17) is 0 Å². The van der Waals surface area contributed by atoms with Gasteiger partial charge in [0.2, 0.25) is 0 Å². The highest BCUT2D eigenvalue weighted by atomic mass is 16.1. The van der Waals surface area contributed by atoms with Crippen LogP contribution < -0.4 is 0 Å². The zero-order valence-corrected chi connectivity index (χ0v) is 9.18. The number of ketones is 1. The lowest BCUT2D eigenvalue weighted by atomic mass is 9.78. The van der Waals surface area contributed by atoms with Gasteiger partial charge in [-0.2, -0.15) is 0 Å². The van der Waals surface area contributed by atoms with Crippen LogP contribution in [0.5, 0.6) is 0 Å². The molecule has 0 heterocycles. The molecule has 1 heteroatoms. The molecule has 0 radical (unpaired) electrons. The molecule has 0 saturated carbocycles. The molecule has 13 heavy (non-hydrogen) atoms. The molecule has 1 atom stereocenters. The van der Waals surface area contributed by atoms with Crippen LogP contribution in [-0.2, 0) is 4.79 Å². The molecule has 74 valence electrons. The van der Waals surface area contributed by atoms with Crippen molar-refractivity contribution < 1.29 is 4.79 Å². The van der Waals surface area contributed by atoms with E-state index in [1.165, 1.54) is 12.0 Å². The molecule has 0 saturated heterocycles. The van der Waals surface area contributed by atoms with Crippen LogP contribution in [0, 0.1) is 11.8 Å². The van der Waals surface area contributed by atoms with Crippen molar-refractivity contribution in [2.24, 2.45) is 11.8 Å². The van der Waals surface area contributed by atoms with Crippen molar-refractivity contribution in [2.75, 3.05) is 0 Å². The smallest absolute Gasteiger partial charge is 0.155 e. The molecular weight excluding hydrogens is 160 g/mol. The lowest BCUT2D eigenvalue weighted by molar-refractivity contribution is -0.113. The van der Waals surface area contributed by atoms with Crippen molar-refractivity contribution >= 4 is 5.78 Å². The van der Waals surface area contributed by atoms with E-state index in [2.05, 4.69) is 20.8 Å². The van der Waals surface area contributed by atoms with Crippen molar-refractivity contribution in [3.63, 3.8) is 0 Å². The van der Waals surface area contributed by atoms with Crippen LogP contribution in [0.3, 0.4) is 0 Å².